The number of halogens is 2. The number of fused-ring (bicyclic) bond motifs is 5. The summed E-state index contributed by atoms with van der Waals surface area (Å²) in [5, 5.41) is 3.11. The molecule has 2 aromatic heterocycles. The standard InChI is InChI=1S/C25H22F2N4O2/c1-13(2)15-8-3-6-14-7-5-11-28-19-10-4-9-17(26)20(19)21-18(27)12-16-23(29-21)31(22(14)15)25(33)30-24(16)32/h3-4,6,8-10,12-13,28H,5,7,11H2,1-2H3,(H,30,32,33). The van der Waals surface area contributed by atoms with E-state index in [0.29, 0.717) is 30.8 Å². The van der Waals surface area contributed by atoms with Crippen LogP contribution in [-0.2, 0) is 6.42 Å². The molecule has 0 spiro atoms. The van der Waals surface area contributed by atoms with E-state index in [0.717, 1.165) is 17.2 Å². The van der Waals surface area contributed by atoms with E-state index in [1.165, 1.54) is 16.7 Å². The van der Waals surface area contributed by atoms with Gasteiger partial charge in [-0.3, -0.25) is 9.78 Å². The second kappa shape index (κ2) is 7.95. The maximum absolute atomic E-state index is 15.2. The third kappa shape index (κ3) is 3.42. The summed E-state index contributed by atoms with van der Waals surface area (Å²) in [4.78, 5) is 32.4. The van der Waals surface area contributed by atoms with Gasteiger partial charge in [0.1, 0.15) is 11.5 Å². The first-order valence-corrected chi connectivity index (χ1v) is 10.9. The zero-order chi connectivity index (χ0) is 23.3. The Labute approximate surface area is 187 Å². The highest BCUT2D eigenvalue weighted by molar-refractivity contribution is 5.84. The van der Waals surface area contributed by atoms with Gasteiger partial charge in [-0.15, -0.1) is 0 Å². The second-order valence-corrected chi connectivity index (χ2v) is 8.49. The van der Waals surface area contributed by atoms with Crippen molar-refractivity contribution in [3.05, 3.63) is 86.1 Å². The molecule has 5 rings (SSSR count). The van der Waals surface area contributed by atoms with Crippen molar-refractivity contribution in [2.75, 3.05) is 11.9 Å². The van der Waals surface area contributed by atoms with Crippen LogP contribution in [0.1, 0.15) is 37.3 Å². The van der Waals surface area contributed by atoms with Crippen molar-refractivity contribution in [2.45, 2.75) is 32.6 Å². The van der Waals surface area contributed by atoms with E-state index >= 15 is 4.39 Å². The predicted molar refractivity (Wildman–Crippen MR) is 124 cm³/mol. The Bertz CT molecular complexity index is 1520. The largest absolute Gasteiger partial charge is 0.384 e. The van der Waals surface area contributed by atoms with Crippen molar-refractivity contribution in [1.82, 2.24) is 14.5 Å². The minimum atomic E-state index is -0.847. The molecule has 4 aromatic rings. The van der Waals surface area contributed by atoms with Gasteiger partial charge in [0, 0.05) is 12.2 Å². The second-order valence-electron chi connectivity index (χ2n) is 8.49. The van der Waals surface area contributed by atoms with Gasteiger partial charge in [0.15, 0.2) is 11.5 Å². The lowest BCUT2D eigenvalue weighted by atomic mass is 9.95. The lowest BCUT2D eigenvalue weighted by Gasteiger charge is -2.21. The van der Waals surface area contributed by atoms with Gasteiger partial charge in [-0.25, -0.2) is 23.1 Å². The summed E-state index contributed by atoms with van der Waals surface area (Å²) >= 11 is 0. The number of anilines is 1. The SMILES string of the molecule is CC(C)c1cccc2c1-n1c(=O)[nH]c(=O)c3cc(F)c(nc31)-c1c(F)cccc1NCCC2. The first-order chi connectivity index (χ1) is 15.9. The number of H-pyrrole nitrogens is 1. The molecule has 33 heavy (non-hydrogen) atoms. The van der Waals surface area contributed by atoms with Gasteiger partial charge in [0.25, 0.3) is 5.56 Å². The molecule has 0 fully saturated rings. The number of benzene rings is 2. The van der Waals surface area contributed by atoms with Crippen molar-refractivity contribution in [1.29, 1.82) is 0 Å². The number of hydrogen-bond acceptors (Lipinski definition) is 4. The quantitative estimate of drug-likeness (QED) is 0.449. The third-order valence-corrected chi connectivity index (χ3v) is 6.02. The monoisotopic (exact) mass is 448 g/mol. The first-order valence-electron chi connectivity index (χ1n) is 10.9. The van der Waals surface area contributed by atoms with Crippen LogP contribution in [0, 0.1) is 11.6 Å². The lowest BCUT2D eigenvalue weighted by Crippen LogP contribution is -2.31. The zero-order valence-corrected chi connectivity index (χ0v) is 18.2. The zero-order valence-electron chi connectivity index (χ0n) is 18.2. The van der Waals surface area contributed by atoms with Crippen LogP contribution >= 0.6 is 0 Å². The Morgan fingerprint density at radius 1 is 1.06 bits per heavy atom. The molecule has 1 aliphatic heterocycles. The van der Waals surface area contributed by atoms with E-state index in [1.807, 2.05) is 32.0 Å². The van der Waals surface area contributed by atoms with Crippen molar-refractivity contribution in [3.8, 4) is 16.9 Å². The fraction of sp³-hybridized carbons (Fsp3) is 0.240. The van der Waals surface area contributed by atoms with Crippen LogP contribution < -0.4 is 16.6 Å². The molecule has 0 amide bonds. The van der Waals surface area contributed by atoms with Crippen LogP contribution in [-0.4, -0.2) is 21.1 Å². The Hall–Kier alpha value is -3.81. The molecule has 3 heterocycles. The maximum atomic E-state index is 15.2. The summed E-state index contributed by atoms with van der Waals surface area (Å²) in [5.74, 6) is -1.43. The molecule has 8 heteroatoms. The molecule has 0 saturated carbocycles. The topological polar surface area (TPSA) is 79.8 Å². The molecule has 6 nitrogen and oxygen atoms in total. The molecule has 0 unspecified atom stereocenters. The van der Waals surface area contributed by atoms with Gasteiger partial charge in [-0.2, -0.15) is 0 Å². The van der Waals surface area contributed by atoms with E-state index in [2.05, 4.69) is 15.3 Å². The van der Waals surface area contributed by atoms with E-state index in [1.54, 1.807) is 6.07 Å². The number of aryl methyl sites for hydroxylation is 1. The fourth-order valence-electron chi connectivity index (χ4n) is 4.48. The average Bonchev–Trinajstić information content (AvgIpc) is 2.77. The van der Waals surface area contributed by atoms with E-state index < -0.39 is 22.9 Å². The Morgan fingerprint density at radius 3 is 2.64 bits per heavy atom. The van der Waals surface area contributed by atoms with Gasteiger partial charge in [0.05, 0.1) is 16.6 Å². The molecule has 0 radical (unpaired) electrons. The Balaban J connectivity index is 2.00. The molecule has 2 N–H and O–H groups in total. The predicted octanol–water partition coefficient (Wildman–Crippen LogP) is 4.50. The van der Waals surface area contributed by atoms with Gasteiger partial charge < -0.3 is 5.32 Å². The number of rotatable bonds is 1. The summed E-state index contributed by atoms with van der Waals surface area (Å²) in [6.07, 6.45) is 1.32. The molecule has 0 saturated heterocycles. The van der Waals surface area contributed by atoms with E-state index in [-0.39, 0.29) is 28.2 Å². The molecule has 168 valence electrons. The van der Waals surface area contributed by atoms with Crippen molar-refractivity contribution in [3.63, 3.8) is 0 Å². The van der Waals surface area contributed by atoms with Gasteiger partial charge in [-0.1, -0.05) is 38.1 Å². The Morgan fingerprint density at radius 2 is 1.85 bits per heavy atom. The molecule has 2 bridgehead atoms. The van der Waals surface area contributed by atoms with Crippen molar-refractivity contribution in [2.24, 2.45) is 0 Å². The minimum absolute atomic E-state index is 0.00993. The number of nitrogens with zero attached hydrogens (tertiary/aromatic N) is 2. The van der Waals surface area contributed by atoms with Gasteiger partial charge in [-0.05, 0) is 48.1 Å². The molecule has 2 aromatic carbocycles. The molecular weight excluding hydrogens is 426 g/mol. The van der Waals surface area contributed by atoms with E-state index in [9.17, 15) is 14.0 Å². The highest BCUT2D eigenvalue weighted by atomic mass is 19.1. The van der Waals surface area contributed by atoms with Crippen LogP contribution in [0.25, 0.3) is 28.0 Å². The molecule has 0 aliphatic carbocycles. The van der Waals surface area contributed by atoms with Gasteiger partial charge >= 0.3 is 5.69 Å². The number of para-hydroxylation sites is 1. The highest BCUT2D eigenvalue weighted by Crippen LogP contribution is 2.34. The maximum Gasteiger partial charge on any atom is 0.334 e. The molecule has 0 atom stereocenters. The highest BCUT2D eigenvalue weighted by Gasteiger charge is 2.24. The van der Waals surface area contributed by atoms with Crippen LogP contribution in [0.15, 0.2) is 52.1 Å². The third-order valence-electron chi connectivity index (χ3n) is 6.02. The summed E-state index contributed by atoms with van der Waals surface area (Å²) in [6.45, 7) is 4.53. The summed E-state index contributed by atoms with van der Waals surface area (Å²) in [5.41, 5.74) is 1.11. The molecular formula is C25H22F2N4O2. The van der Waals surface area contributed by atoms with Crippen LogP contribution in [0.2, 0.25) is 0 Å². The van der Waals surface area contributed by atoms with Crippen LogP contribution in [0.4, 0.5) is 14.5 Å². The van der Waals surface area contributed by atoms with E-state index in [4.69, 9.17) is 0 Å². The summed E-state index contributed by atoms with van der Waals surface area (Å²) in [7, 11) is 0. The number of hydrogen-bond donors (Lipinski definition) is 2. The van der Waals surface area contributed by atoms with Crippen molar-refractivity contribution >= 4 is 16.7 Å². The number of aromatic amines is 1. The van der Waals surface area contributed by atoms with Gasteiger partial charge in [0.2, 0.25) is 0 Å². The lowest BCUT2D eigenvalue weighted by molar-refractivity contribution is 0.612. The summed E-state index contributed by atoms with van der Waals surface area (Å²) < 4.78 is 31.5. The Kier molecular flexibility index (Phi) is 5.08. The number of aromatic nitrogens is 3. The van der Waals surface area contributed by atoms with Crippen molar-refractivity contribution < 1.29 is 8.78 Å². The average molecular weight is 448 g/mol. The first kappa shape index (κ1) is 21.1. The molecule has 1 aliphatic rings. The normalized spacial score (nSPS) is 13.2. The summed E-state index contributed by atoms with van der Waals surface area (Å²) in [6, 6.07) is 11.3. The van der Waals surface area contributed by atoms with Crippen LogP contribution in [0.3, 0.4) is 0 Å². The van der Waals surface area contributed by atoms with Crippen LogP contribution in [0.5, 0.6) is 0 Å². The fourth-order valence-corrected chi connectivity index (χ4v) is 4.48. The number of pyridine rings is 1. The smallest absolute Gasteiger partial charge is 0.334 e. The number of nitrogens with one attached hydrogen (secondary N) is 2. The minimum Gasteiger partial charge on any atom is -0.384 e.